The van der Waals surface area contributed by atoms with Gasteiger partial charge in [0.1, 0.15) is 6.10 Å². The van der Waals surface area contributed by atoms with E-state index in [1.807, 2.05) is 0 Å². The maximum Gasteiger partial charge on any atom is 0.437 e. The largest absolute Gasteiger partial charge is 0.459 e. The highest BCUT2D eigenvalue weighted by atomic mass is 19.4. The van der Waals surface area contributed by atoms with Gasteiger partial charge in [0.05, 0.1) is 5.92 Å². The molecule has 0 amide bonds. The zero-order chi connectivity index (χ0) is 23.3. The van der Waals surface area contributed by atoms with Crippen LogP contribution in [0.3, 0.4) is 0 Å². The Balaban J connectivity index is 3.32. The van der Waals surface area contributed by atoms with Crippen molar-refractivity contribution in [2.45, 2.75) is 89.8 Å². The normalized spacial score (nSPS) is 17.5. The van der Waals surface area contributed by atoms with Gasteiger partial charge in [-0.1, -0.05) is 39.7 Å². The fourth-order valence-electron chi connectivity index (χ4n) is 3.41. The summed E-state index contributed by atoms with van der Waals surface area (Å²) >= 11 is 0. The van der Waals surface area contributed by atoms with E-state index in [1.165, 1.54) is 6.92 Å². The minimum absolute atomic E-state index is 0.171. The monoisotopic (exact) mass is 446 g/mol. The van der Waals surface area contributed by atoms with Gasteiger partial charge in [0.15, 0.2) is 0 Å². The van der Waals surface area contributed by atoms with E-state index in [0.29, 0.717) is 12.8 Å². The highest BCUT2D eigenvalue weighted by Gasteiger charge is 2.75. The van der Waals surface area contributed by atoms with Crippen LogP contribution in [-0.4, -0.2) is 36.0 Å². The number of halogens is 6. The summed E-state index contributed by atoms with van der Waals surface area (Å²) in [5.41, 5.74) is -4.95. The second-order valence-corrected chi connectivity index (χ2v) is 8.22. The Morgan fingerprint density at radius 2 is 1.50 bits per heavy atom. The lowest BCUT2D eigenvalue weighted by molar-refractivity contribution is -0.376. The van der Waals surface area contributed by atoms with Crippen molar-refractivity contribution in [3.63, 3.8) is 0 Å². The lowest BCUT2D eigenvalue weighted by atomic mass is 9.87. The van der Waals surface area contributed by atoms with Gasteiger partial charge in [0.25, 0.3) is 0 Å². The molecular weight excluding hydrogens is 418 g/mol. The summed E-state index contributed by atoms with van der Waals surface area (Å²) in [7, 11) is 0. The van der Waals surface area contributed by atoms with Crippen molar-refractivity contribution < 1.29 is 45.4 Å². The van der Waals surface area contributed by atoms with Gasteiger partial charge in [-0.2, -0.15) is 26.3 Å². The van der Waals surface area contributed by atoms with E-state index in [1.54, 1.807) is 13.8 Å². The Bertz CT molecular complexity index is 604. The second-order valence-electron chi connectivity index (χ2n) is 8.22. The molecule has 1 rings (SSSR count). The van der Waals surface area contributed by atoms with Gasteiger partial charge in [0.2, 0.25) is 0 Å². The molecule has 0 aromatic heterocycles. The van der Waals surface area contributed by atoms with Crippen LogP contribution in [0.4, 0.5) is 26.3 Å². The summed E-state index contributed by atoms with van der Waals surface area (Å²) in [6.07, 6.45) is -13.6. The molecule has 0 N–H and O–H groups in total. The van der Waals surface area contributed by atoms with Crippen LogP contribution in [0.15, 0.2) is 12.2 Å². The summed E-state index contributed by atoms with van der Waals surface area (Å²) in [5.74, 6) is -4.05. The molecular formula is C20H28F6O4. The van der Waals surface area contributed by atoms with Crippen molar-refractivity contribution in [3.8, 4) is 0 Å². The van der Waals surface area contributed by atoms with E-state index in [9.17, 15) is 35.9 Å². The van der Waals surface area contributed by atoms with E-state index in [2.05, 4.69) is 11.3 Å². The van der Waals surface area contributed by atoms with E-state index < -0.39 is 48.3 Å². The molecule has 1 saturated carbocycles. The Labute approximate surface area is 172 Å². The van der Waals surface area contributed by atoms with Crippen LogP contribution in [0.25, 0.3) is 0 Å². The number of alkyl halides is 6. The number of esters is 2. The molecule has 0 heterocycles. The maximum atomic E-state index is 13.8. The first kappa shape index (κ1) is 26.3. The fraction of sp³-hybridized carbons (Fsp3) is 0.800. The first-order chi connectivity index (χ1) is 13.6. The van der Waals surface area contributed by atoms with Crippen LogP contribution in [0.5, 0.6) is 0 Å². The zero-order valence-corrected chi connectivity index (χ0v) is 17.3. The molecule has 1 aliphatic carbocycles. The van der Waals surface area contributed by atoms with E-state index in [-0.39, 0.29) is 30.8 Å². The van der Waals surface area contributed by atoms with Gasteiger partial charge in [-0.15, -0.1) is 0 Å². The van der Waals surface area contributed by atoms with Crippen molar-refractivity contribution in [3.05, 3.63) is 12.2 Å². The predicted molar refractivity (Wildman–Crippen MR) is 96.3 cm³/mol. The Morgan fingerprint density at radius 3 is 1.90 bits per heavy atom. The molecule has 1 atom stereocenters. The number of hydrogen-bond donors (Lipinski definition) is 0. The summed E-state index contributed by atoms with van der Waals surface area (Å²) < 4.78 is 92.1. The lowest BCUT2D eigenvalue weighted by Crippen LogP contribution is -2.62. The number of carbonyl (C=O) groups excluding carboxylic acids is 2. The fourth-order valence-corrected chi connectivity index (χ4v) is 3.41. The van der Waals surface area contributed by atoms with Crippen LogP contribution in [0, 0.1) is 11.8 Å². The maximum absolute atomic E-state index is 13.8. The van der Waals surface area contributed by atoms with Gasteiger partial charge in [0, 0.05) is 12.0 Å². The van der Waals surface area contributed by atoms with Gasteiger partial charge >= 0.3 is 29.9 Å². The average molecular weight is 446 g/mol. The SMILES string of the molecule is C=C(C)C(=O)OC(CC(C)C)CC(OC(=O)C1CCCCC1)(C(F)(F)F)C(F)(F)F. The summed E-state index contributed by atoms with van der Waals surface area (Å²) in [6, 6.07) is 0. The third-order valence-electron chi connectivity index (χ3n) is 5.00. The molecule has 4 nitrogen and oxygen atoms in total. The third-order valence-corrected chi connectivity index (χ3v) is 5.00. The molecule has 0 aliphatic heterocycles. The van der Waals surface area contributed by atoms with Crippen molar-refractivity contribution in [1.82, 2.24) is 0 Å². The van der Waals surface area contributed by atoms with Crippen molar-refractivity contribution >= 4 is 11.9 Å². The molecule has 0 bridgehead atoms. The van der Waals surface area contributed by atoms with Crippen LogP contribution in [-0.2, 0) is 19.1 Å². The molecule has 10 heteroatoms. The predicted octanol–water partition coefficient (Wildman–Crippen LogP) is 5.90. The van der Waals surface area contributed by atoms with E-state index >= 15 is 0 Å². The smallest absolute Gasteiger partial charge is 0.437 e. The lowest BCUT2D eigenvalue weighted by Gasteiger charge is -2.39. The highest BCUT2D eigenvalue weighted by Crippen LogP contribution is 2.50. The standard InChI is InChI=1S/C20H28F6O4/c1-12(2)10-15(29-16(27)13(3)4)11-18(19(21,22)23,20(24,25)26)30-17(28)14-8-6-5-7-9-14/h12,14-15H,3,5-11H2,1-2,4H3. The molecule has 1 aliphatic rings. The Morgan fingerprint density at radius 1 is 1.00 bits per heavy atom. The third kappa shape index (κ3) is 6.63. The second kappa shape index (κ2) is 10.0. The minimum atomic E-state index is -5.96. The zero-order valence-electron chi connectivity index (χ0n) is 17.3. The molecule has 0 aromatic carbocycles. The number of carbonyl (C=O) groups is 2. The van der Waals surface area contributed by atoms with Gasteiger partial charge < -0.3 is 9.47 Å². The van der Waals surface area contributed by atoms with E-state index in [0.717, 1.165) is 6.42 Å². The summed E-state index contributed by atoms with van der Waals surface area (Å²) in [4.78, 5) is 24.1. The molecule has 0 spiro atoms. The van der Waals surface area contributed by atoms with Gasteiger partial charge in [-0.3, -0.25) is 4.79 Å². The van der Waals surface area contributed by atoms with Crippen LogP contribution < -0.4 is 0 Å². The quantitative estimate of drug-likeness (QED) is 0.265. The number of rotatable bonds is 8. The molecule has 0 aromatic rings. The minimum Gasteiger partial charge on any atom is -0.459 e. The van der Waals surface area contributed by atoms with Crippen molar-refractivity contribution in [2.24, 2.45) is 11.8 Å². The topological polar surface area (TPSA) is 52.6 Å². The average Bonchev–Trinajstić information content (AvgIpc) is 2.59. The first-order valence-electron chi connectivity index (χ1n) is 9.83. The number of ether oxygens (including phenoxy) is 2. The molecule has 0 saturated heterocycles. The van der Waals surface area contributed by atoms with Crippen molar-refractivity contribution in [1.29, 1.82) is 0 Å². The van der Waals surface area contributed by atoms with Gasteiger partial charge in [-0.25, -0.2) is 4.79 Å². The van der Waals surface area contributed by atoms with E-state index in [4.69, 9.17) is 4.74 Å². The van der Waals surface area contributed by atoms with Gasteiger partial charge in [-0.05, 0) is 32.1 Å². The van der Waals surface area contributed by atoms with Crippen LogP contribution in [0.2, 0.25) is 0 Å². The molecule has 0 radical (unpaired) electrons. The molecule has 30 heavy (non-hydrogen) atoms. The molecule has 1 unspecified atom stereocenters. The molecule has 1 fully saturated rings. The van der Waals surface area contributed by atoms with Crippen molar-refractivity contribution in [2.75, 3.05) is 0 Å². The Kier molecular flexibility index (Phi) is 8.80. The van der Waals surface area contributed by atoms with Crippen LogP contribution >= 0.6 is 0 Å². The first-order valence-corrected chi connectivity index (χ1v) is 9.83. The Hall–Kier alpha value is -1.74. The number of hydrogen-bond acceptors (Lipinski definition) is 4. The van der Waals surface area contributed by atoms with Crippen LogP contribution in [0.1, 0.15) is 65.7 Å². The summed E-state index contributed by atoms with van der Waals surface area (Å²) in [5, 5.41) is 0. The molecule has 174 valence electrons. The highest BCUT2D eigenvalue weighted by molar-refractivity contribution is 5.87. The summed E-state index contributed by atoms with van der Waals surface area (Å²) in [6.45, 7) is 7.62.